The molecule has 1 aromatic rings. The van der Waals surface area contributed by atoms with Crippen molar-refractivity contribution in [2.45, 2.75) is 44.6 Å². The first-order valence-corrected chi connectivity index (χ1v) is 9.56. The van der Waals surface area contributed by atoms with Gasteiger partial charge in [-0.05, 0) is 49.9 Å². The number of nitrogens with one attached hydrogen (secondary N) is 2. The first kappa shape index (κ1) is 19.4. The van der Waals surface area contributed by atoms with Gasteiger partial charge in [-0.1, -0.05) is 12.8 Å². The lowest BCUT2D eigenvalue weighted by Crippen LogP contribution is -2.42. The fraction of sp³-hybridized carbons (Fsp3) is 0.550. The van der Waals surface area contributed by atoms with Crippen LogP contribution in [0, 0.1) is 11.8 Å². The monoisotopic (exact) mass is 373 g/mol. The first-order chi connectivity index (χ1) is 13.0. The molecule has 2 amide bonds. The number of hydrogen-bond donors (Lipinski definition) is 2. The highest BCUT2D eigenvalue weighted by atomic mass is 16.5. The summed E-state index contributed by atoms with van der Waals surface area (Å²) >= 11 is 0. The summed E-state index contributed by atoms with van der Waals surface area (Å²) < 4.78 is 5.48. The molecule has 27 heavy (non-hydrogen) atoms. The molecular formula is C20H25N2O5-. The van der Waals surface area contributed by atoms with Crippen LogP contribution < -0.4 is 15.7 Å². The van der Waals surface area contributed by atoms with Gasteiger partial charge in [-0.2, -0.15) is 0 Å². The van der Waals surface area contributed by atoms with Gasteiger partial charge in [0.2, 0.25) is 5.91 Å². The molecule has 1 heterocycles. The average molecular weight is 373 g/mol. The molecule has 0 radical (unpaired) electrons. The van der Waals surface area contributed by atoms with Crippen LogP contribution in [0.15, 0.2) is 24.3 Å². The zero-order chi connectivity index (χ0) is 19.2. The third kappa shape index (κ3) is 5.07. The van der Waals surface area contributed by atoms with Gasteiger partial charge in [0.25, 0.3) is 5.91 Å². The van der Waals surface area contributed by atoms with Gasteiger partial charge in [-0.25, -0.2) is 0 Å². The number of anilines is 1. The highest BCUT2D eigenvalue weighted by Crippen LogP contribution is 2.30. The van der Waals surface area contributed by atoms with Gasteiger partial charge in [-0.15, -0.1) is 0 Å². The quantitative estimate of drug-likeness (QED) is 0.776. The van der Waals surface area contributed by atoms with Crippen molar-refractivity contribution in [2.24, 2.45) is 11.8 Å². The Bertz CT molecular complexity index is 682. The molecule has 1 saturated heterocycles. The van der Waals surface area contributed by atoms with E-state index in [2.05, 4.69) is 10.6 Å². The van der Waals surface area contributed by atoms with Gasteiger partial charge >= 0.3 is 0 Å². The van der Waals surface area contributed by atoms with Crippen LogP contribution in [0.3, 0.4) is 0 Å². The molecular weight excluding hydrogens is 348 g/mol. The molecule has 3 atom stereocenters. The van der Waals surface area contributed by atoms with E-state index in [0.717, 1.165) is 32.3 Å². The maximum atomic E-state index is 12.5. The molecule has 0 spiro atoms. The number of benzene rings is 1. The van der Waals surface area contributed by atoms with Crippen LogP contribution in [0.25, 0.3) is 0 Å². The van der Waals surface area contributed by atoms with E-state index in [-0.39, 0.29) is 17.9 Å². The first-order valence-electron chi connectivity index (χ1n) is 9.56. The average Bonchev–Trinajstić information content (AvgIpc) is 3.20. The highest BCUT2D eigenvalue weighted by molar-refractivity contribution is 5.97. The van der Waals surface area contributed by atoms with Gasteiger partial charge in [0.05, 0.1) is 6.10 Å². The van der Waals surface area contributed by atoms with Crippen molar-refractivity contribution in [3.63, 3.8) is 0 Å². The van der Waals surface area contributed by atoms with Crippen LogP contribution in [-0.2, 0) is 14.3 Å². The number of carbonyl (C=O) groups excluding carboxylic acids is 3. The Kier molecular flexibility index (Phi) is 6.45. The van der Waals surface area contributed by atoms with Crippen LogP contribution in [0.5, 0.6) is 0 Å². The minimum absolute atomic E-state index is 0.0830. The molecule has 146 valence electrons. The molecule has 0 bridgehead atoms. The minimum Gasteiger partial charge on any atom is -0.550 e. The van der Waals surface area contributed by atoms with Gasteiger partial charge in [0.15, 0.2) is 0 Å². The van der Waals surface area contributed by atoms with Crippen molar-refractivity contribution in [3.8, 4) is 0 Å². The van der Waals surface area contributed by atoms with E-state index in [0.29, 0.717) is 30.6 Å². The Balaban J connectivity index is 1.54. The topological polar surface area (TPSA) is 108 Å². The molecule has 7 heteroatoms. The zero-order valence-corrected chi connectivity index (χ0v) is 15.2. The summed E-state index contributed by atoms with van der Waals surface area (Å²) in [5, 5.41) is 16.9. The van der Waals surface area contributed by atoms with Gasteiger partial charge in [-0.3, -0.25) is 9.59 Å². The summed E-state index contributed by atoms with van der Waals surface area (Å²) in [5.41, 5.74) is 1.04. The summed E-state index contributed by atoms with van der Waals surface area (Å²) in [6.45, 7) is 1.23. The Labute approximate surface area is 158 Å². The third-order valence-corrected chi connectivity index (χ3v) is 5.33. The maximum absolute atomic E-state index is 12.5. The lowest BCUT2D eigenvalue weighted by atomic mass is 9.78. The predicted octanol–water partition coefficient (Wildman–Crippen LogP) is 1.09. The van der Waals surface area contributed by atoms with E-state index >= 15 is 0 Å². The summed E-state index contributed by atoms with van der Waals surface area (Å²) in [5.74, 6) is -2.96. The van der Waals surface area contributed by atoms with Crippen LogP contribution in [0.4, 0.5) is 5.69 Å². The number of rotatable bonds is 6. The number of carboxylic acids is 1. The van der Waals surface area contributed by atoms with Crippen molar-refractivity contribution < 1.29 is 24.2 Å². The maximum Gasteiger partial charge on any atom is 0.251 e. The second-order valence-electron chi connectivity index (χ2n) is 7.23. The predicted molar refractivity (Wildman–Crippen MR) is 96.8 cm³/mol. The van der Waals surface area contributed by atoms with Crippen LogP contribution >= 0.6 is 0 Å². The Morgan fingerprint density at radius 1 is 1.00 bits per heavy atom. The summed E-state index contributed by atoms with van der Waals surface area (Å²) in [7, 11) is 0. The molecule has 3 rings (SSSR count). The number of carbonyl (C=O) groups is 3. The van der Waals surface area contributed by atoms with Gasteiger partial charge in [0.1, 0.15) is 0 Å². The fourth-order valence-electron chi connectivity index (χ4n) is 3.78. The standard InChI is InChI=1S/C20H26N2O5/c23-18(21-12-15-4-3-11-27-15)13-7-9-14(10-8-13)22-19(24)16-5-1-2-6-17(16)20(25)26/h7-10,15-17H,1-6,11-12H2,(H,21,23)(H,22,24)(H,25,26)/p-1/t15-,16+,17-/m0/s1. The van der Waals surface area contributed by atoms with Crippen LogP contribution in [-0.4, -0.2) is 37.0 Å². The Hall–Kier alpha value is -2.41. The summed E-state index contributed by atoms with van der Waals surface area (Å²) in [4.78, 5) is 35.9. The largest absolute Gasteiger partial charge is 0.550 e. The second-order valence-corrected chi connectivity index (χ2v) is 7.23. The van der Waals surface area contributed by atoms with E-state index in [1.54, 1.807) is 24.3 Å². The molecule has 1 aromatic carbocycles. The molecule has 1 aliphatic carbocycles. The number of hydrogen-bond acceptors (Lipinski definition) is 5. The molecule has 2 N–H and O–H groups in total. The van der Waals surface area contributed by atoms with Crippen molar-refractivity contribution in [2.75, 3.05) is 18.5 Å². The van der Waals surface area contributed by atoms with Crippen molar-refractivity contribution in [1.29, 1.82) is 0 Å². The number of aliphatic carboxylic acids is 1. The minimum atomic E-state index is -1.16. The molecule has 0 unspecified atom stereocenters. The highest BCUT2D eigenvalue weighted by Gasteiger charge is 2.31. The van der Waals surface area contributed by atoms with Crippen molar-refractivity contribution in [3.05, 3.63) is 29.8 Å². The lowest BCUT2D eigenvalue weighted by molar-refractivity contribution is -0.313. The molecule has 0 aromatic heterocycles. The van der Waals surface area contributed by atoms with E-state index in [4.69, 9.17) is 4.74 Å². The van der Waals surface area contributed by atoms with E-state index in [9.17, 15) is 19.5 Å². The SMILES string of the molecule is O=C(NC[C@@H]1CCCO1)c1ccc(NC(=O)[C@@H]2CCCC[C@@H]2C(=O)[O-])cc1. The van der Waals surface area contributed by atoms with Crippen LogP contribution in [0.1, 0.15) is 48.9 Å². The lowest BCUT2D eigenvalue weighted by Gasteiger charge is -2.31. The molecule has 1 aliphatic heterocycles. The summed E-state index contributed by atoms with van der Waals surface area (Å²) in [6, 6.07) is 6.57. The normalized spacial score (nSPS) is 25.0. The summed E-state index contributed by atoms with van der Waals surface area (Å²) in [6.07, 6.45) is 4.73. The van der Waals surface area contributed by atoms with Crippen LogP contribution in [0.2, 0.25) is 0 Å². The van der Waals surface area contributed by atoms with E-state index < -0.39 is 17.8 Å². The molecule has 2 aliphatic rings. The smallest absolute Gasteiger partial charge is 0.251 e. The Morgan fingerprint density at radius 3 is 2.33 bits per heavy atom. The van der Waals surface area contributed by atoms with Crippen molar-refractivity contribution in [1.82, 2.24) is 5.32 Å². The number of amides is 2. The number of ether oxygens (including phenoxy) is 1. The number of carboxylic acid groups (broad SMARTS) is 1. The molecule has 1 saturated carbocycles. The van der Waals surface area contributed by atoms with Gasteiger partial charge in [0, 0.05) is 42.2 Å². The van der Waals surface area contributed by atoms with E-state index in [1.807, 2.05) is 0 Å². The molecule has 7 nitrogen and oxygen atoms in total. The molecule has 2 fully saturated rings. The van der Waals surface area contributed by atoms with E-state index in [1.165, 1.54) is 0 Å². The van der Waals surface area contributed by atoms with Crippen molar-refractivity contribution >= 4 is 23.5 Å². The Morgan fingerprint density at radius 2 is 1.70 bits per heavy atom. The zero-order valence-electron chi connectivity index (χ0n) is 15.2. The van der Waals surface area contributed by atoms with Gasteiger partial charge < -0.3 is 25.3 Å². The third-order valence-electron chi connectivity index (χ3n) is 5.33. The second kappa shape index (κ2) is 8.99. The fourth-order valence-corrected chi connectivity index (χ4v) is 3.78.